The highest BCUT2D eigenvalue weighted by Gasteiger charge is 2.27. The number of ether oxygens (including phenoxy) is 1. The van der Waals surface area contributed by atoms with Gasteiger partial charge in [-0.2, -0.15) is 5.26 Å². The molecule has 0 fully saturated rings. The van der Waals surface area contributed by atoms with E-state index in [4.69, 9.17) is 10.00 Å². The Bertz CT molecular complexity index is 738. The largest absolute Gasteiger partial charge is 0.486 e. The van der Waals surface area contributed by atoms with Gasteiger partial charge in [0.2, 0.25) is 0 Å². The molecule has 116 valence electrons. The van der Waals surface area contributed by atoms with Crippen molar-refractivity contribution >= 4 is 17.5 Å². The number of hydrogen-bond acceptors (Lipinski definition) is 5. The van der Waals surface area contributed by atoms with Crippen LogP contribution in [0.1, 0.15) is 5.56 Å². The van der Waals surface area contributed by atoms with Crippen molar-refractivity contribution in [1.29, 1.82) is 5.26 Å². The molecule has 0 aliphatic heterocycles. The highest BCUT2D eigenvalue weighted by molar-refractivity contribution is 6.09. The van der Waals surface area contributed by atoms with E-state index < -0.39 is 17.6 Å². The lowest BCUT2D eigenvalue weighted by Crippen LogP contribution is -2.32. The number of nitrogens with one attached hydrogen (secondary N) is 1. The first kappa shape index (κ1) is 16.2. The Hall–Kier alpha value is -3.20. The zero-order valence-electron chi connectivity index (χ0n) is 12.5. The molecule has 0 aliphatic carbocycles. The second kappa shape index (κ2) is 7.71. The van der Waals surface area contributed by atoms with Crippen LogP contribution in [0.25, 0.3) is 0 Å². The molecular formula is C17H15N3O3. The summed E-state index contributed by atoms with van der Waals surface area (Å²) in [5, 5.41) is 11.5. The van der Waals surface area contributed by atoms with Gasteiger partial charge < -0.3 is 10.1 Å². The van der Waals surface area contributed by atoms with Gasteiger partial charge in [0.1, 0.15) is 18.2 Å². The van der Waals surface area contributed by atoms with Gasteiger partial charge in [0, 0.05) is 6.20 Å². The Morgan fingerprint density at radius 2 is 2.13 bits per heavy atom. The molecule has 0 aliphatic rings. The molecule has 0 saturated heterocycles. The molecule has 0 saturated carbocycles. The summed E-state index contributed by atoms with van der Waals surface area (Å²) in [6.07, 6.45) is 1.50. The number of carbonyl (C=O) groups excluding carboxylic acids is 2. The zero-order chi connectivity index (χ0) is 16.7. The number of pyridine rings is 1. The summed E-state index contributed by atoms with van der Waals surface area (Å²) in [7, 11) is 0. The molecule has 6 nitrogen and oxygen atoms in total. The van der Waals surface area contributed by atoms with Crippen LogP contribution in [0.15, 0.2) is 48.7 Å². The summed E-state index contributed by atoms with van der Waals surface area (Å²) >= 11 is 0. The van der Waals surface area contributed by atoms with Crippen LogP contribution in [-0.2, 0) is 9.59 Å². The number of amides is 1. The quantitative estimate of drug-likeness (QED) is 0.825. The van der Waals surface area contributed by atoms with E-state index in [0.29, 0.717) is 5.75 Å². The highest BCUT2D eigenvalue weighted by atomic mass is 16.5. The van der Waals surface area contributed by atoms with Crippen LogP contribution in [0.5, 0.6) is 5.75 Å². The molecule has 2 aromatic rings. The van der Waals surface area contributed by atoms with Gasteiger partial charge >= 0.3 is 0 Å². The van der Waals surface area contributed by atoms with E-state index in [1.165, 1.54) is 6.20 Å². The van der Waals surface area contributed by atoms with Gasteiger partial charge in [-0.25, -0.2) is 4.98 Å². The first-order chi connectivity index (χ1) is 11.1. The second-order valence-corrected chi connectivity index (χ2v) is 4.84. The van der Waals surface area contributed by atoms with Crippen LogP contribution >= 0.6 is 0 Å². The molecular weight excluding hydrogens is 294 g/mol. The van der Waals surface area contributed by atoms with Crippen molar-refractivity contribution in [3.63, 3.8) is 0 Å². The second-order valence-electron chi connectivity index (χ2n) is 4.84. The molecule has 1 unspecified atom stereocenters. The summed E-state index contributed by atoms with van der Waals surface area (Å²) in [6.45, 7) is 1.55. The summed E-state index contributed by atoms with van der Waals surface area (Å²) in [4.78, 5) is 28.0. The third kappa shape index (κ3) is 4.64. The Kier molecular flexibility index (Phi) is 5.42. The lowest BCUT2D eigenvalue weighted by atomic mass is 10.1. The normalized spacial score (nSPS) is 11.1. The Labute approximate surface area is 133 Å². The number of Topliss-reactive ketones (excluding diaryl/α,β-unsaturated/α-hetero) is 1. The minimum Gasteiger partial charge on any atom is -0.486 e. The van der Waals surface area contributed by atoms with Crippen molar-refractivity contribution < 1.29 is 14.3 Å². The lowest BCUT2D eigenvalue weighted by Gasteiger charge is -2.10. The summed E-state index contributed by atoms with van der Waals surface area (Å²) in [5.41, 5.74) is 0.986. The van der Waals surface area contributed by atoms with Crippen LogP contribution in [-0.4, -0.2) is 23.3 Å². The molecule has 2 rings (SSSR count). The molecule has 0 radical (unpaired) electrons. The van der Waals surface area contributed by atoms with Gasteiger partial charge in [0.15, 0.2) is 11.7 Å². The van der Waals surface area contributed by atoms with E-state index in [1.807, 2.05) is 13.0 Å². The van der Waals surface area contributed by atoms with Gasteiger partial charge in [-0.15, -0.1) is 0 Å². The number of nitrogens with zero attached hydrogens (tertiary/aromatic N) is 2. The molecule has 1 aromatic carbocycles. The summed E-state index contributed by atoms with van der Waals surface area (Å²) < 4.78 is 5.34. The maximum atomic E-state index is 12.0. The van der Waals surface area contributed by atoms with Crippen LogP contribution in [0.4, 0.5) is 5.82 Å². The highest BCUT2D eigenvalue weighted by Crippen LogP contribution is 2.13. The summed E-state index contributed by atoms with van der Waals surface area (Å²) in [6, 6.07) is 13.8. The van der Waals surface area contributed by atoms with Gasteiger partial charge in [0.05, 0.1) is 6.07 Å². The van der Waals surface area contributed by atoms with Gasteiger partial charge in [-0.3, -0.25) is 9.59 Å². The third-order valence-corrected chi connectivity index (χ3v) is 3.00. The van der Waals surface area contributed by atoms with E-state index in [2.05, 4.69) is 10.3 Å². The SMILES string of the molecule is Cc1cccc(OCC(=O)C(C#N)C(=O)Nc2ccccn2)c1. The number of ketones is 1. The molecule has 1 N–H and O–H groups in total. The van der Waals surface area contributed by atoms with Crippen molar-refractivity contribution in [3.8, 4) is 11.8 Å². The minimum atomic E-state index is -1.44. The Morgan fingerprint density at radius 3 is 2.78 bits per heavy atom. The van der Waals surface area contributed by atoms with E-state index in [0.717, 1.165) is 5.56 Å². The topological polar surface area (TPSA) is 92.1 Å². The van der Waals surface area contributed by atoms with Crippen LogP contribution < -0.4 is 10.1 Å². The zero-order valence-corrected chi connectivity index (χ0v) is 12.5. The number of anilines is 1. The standard InChI is InChI=1S/C17H15N3O3/c1-12-5-4-6-13(9-12)23-11-15(21)14(10-18)17(22)20-16-7-2-3-8-19-16/h2-9,14H,11H2,1H3,(H,19,20,22). The average Bonchev–Trinajstić information content (AvgIpc) is 2.54. The maximum Gasteiger partial charge on any atom is 0.250 e. The molecule has 0 bridgehead atoms. The molecule has 6 heteroatoms. The minimum absolute atomic E-state index is 0.283. The molecule has 1 amide bonds. The van der Waals surface area contributed by atoms with Gasteiger partial charge in [-0.1, -0.05) is 18.2 Å². The summed E-state index contributed by atoms with van der Waals surface area (Å²) in [5.74, 6) is -1.97. The Morgan fingerprint density at radius 1 is 1.30 bits per heavy atom. The molecule has 1 atom stereocenters. The number of nitriles is 1. The molecule has 23 heavy (non-hydrogen) atoms. The van der Waals surface area contributed by atoms with Crippen molar-refractivity contribution in [2.75, 3.05) is 11.9 Å². The smallest absolute Gasteiger partial charge is 0.250 e. The van der Waals surface area contributed by atoms with E-state index in [-0.39, 0.29) is 12.4 Å². The van der Waals surface area contributed by atoms with Crippen LogP contribution in [0, 0.1) is 24.2 Å². The maximum absolute atomic E-state index is 12.0. The number of aryl methyl sites for hydroxylation is 1. The Balaban J connectivity index is 1.95. The number of benzene rings is 1. The third-order valence-electron chi connectivity index (χ3n) is 3.00. The van der Waals surface area contributed by atoms with E-state index >= 15 is 0 Å². The number of hydrogen-bond donors (Lipinski definition) is 1. The monoisotopic (exact) mass is 309 g/mol. The fraction of sp³-hybridized carbons (Fsp3) is 0.176. The van der Waals surface area contributed by atoms with E-state index in [1.54, 1.807) is 42.5 Å². The number of carbonyl (C=O) groups is 2. The fourth-order valence-electron chi connectivity index (χ4n) is 1.85. The fourth-order valence-corrected chi connectivity index (χ4v) is 1.85. The van der Waals surface area contributed by atoms with Gasteiger partial charge in [-0.05, 0) is 36.8 Å². The molecule has 1 heterocycles. The van der Waals surface area contributed by atoms with Gasteiger partial charge in [0.25, 0.3) is 5.91 Å². The van der Waals surface area contributed by atoms with Crippen molar-refractivity contribution in [2.45, 2.75) is 6.92 Å². The molecule has 1 aromatic heterocycles. The predicted molar refractivity (Wildman–Crippen MR) is 83.7 cm³/mol. The molecule has 0 spiro atoms. The van der Waals surface area contributed by atoms with Crippen LogP contribution in [0.2, 0.25) is 0 Å². The van der Waals surface area contributed by atoms with Crippen molar-refractivity contribution in [3.05, 3.63) is 54.2 Å². The first-order valence-electron chi connectivity index (χ1n) is 6.94. The van der Waals surface area contributed by atoms with E-state index in [9.17, 15) is 9.59 Å². The van der Waals surface area contributed by atoms with Crippen LogP contribution in [0.3, 0.4) is 0 Å². The number of aromatic nitrogens is 1. The van der Waals surface area contributed by atoms with Crippen molar-refractivity contribution in [1.82, 2.24) is 4.98 Å². The lowest BCUT2D eigenvalue weighted by molar-refractivity contribution is -0.130. The number of rotatable bonds is 6. The predicted octanol–water partition coefficient (Wildman–Crippen LogP) is 2.12. The van der Waals surface area contributed by atoms with Crippen molar-refractivity contribution in [2.24, 2.45) is 5.92 Å². The first-order valence-corrected chi connectivity index (χ1v) is 6.94. The average molecular weight is 309 g/mol.